The van der Waals surface area contributed by atoms with Crippen LogP contribution in [0, 0.1) is 6.92 Å². The predicted octanol–water partition coefficient (Wildman–Crippen LogP) is 0.320. The molecule has 0 N–H and O–H groups in total. The number of aryl methyl sites for hydroxylation is 1. The van der Waals surface area contributed by atoms with E-state index in [4.69, 9.17) is 0 Å². The van der Waals surface area contributed by atoms with Crippen LogP contribution in [-0.4, -0.2) is 16.7 Å². The largest absolute Gasteiger partial charge is 0.427 e. The molecule has 1 heterocycles. The number of rotatable bonds is 2. The van der Waals surface area contributed by atoms with Crippen molar-refractivity contribution in [3.05, 3.63) is 18.0 Å². The van der Waals surface area contributed by atoms with E-state index >= 15 is 0 Å². The number of hydrogen-bond acceptors (Lipinski definition) is 4. The summed E-state index contributed by atoms with van der Waals surface area (Å²) in [6.45, 7) is 2.13. The van der Waals surface area contributed by atoms with Crippen molar-refractivity contribution in [1.82, 2.24) is 10.2 Å². The van der Waals surface area contributed by atoms with Crippen LogP contribution >= 0.6 is 0 Å². The minimum atomic E-state index is 0.358. The summed E-state index contributed by atoms with van der Waals surface area (Å²) in [6.07, 6.45) is 1.38. The van der Waals surface area contributed by atoms with Crippen molar-refractivity contribution in [2.24, 2.45) is 0 Å². The minimum absolute atomic E-state index is 0.358. The first-order chi connectivity index (χ1) is 4.83. The number of hydrogen-bond donors (Lipinski definition) is 0. The molecule has 1 aromatic heterocycles. The highest BCUT2D eigenvalue weighted by Gasteiger charge is 1.92. The van der Waals surface area contributed by atoms with Crippen LogP contribution in [0.4, 0.5) is 0 Å². The summed E-state index contributed by atoms with van der Waals surface area (Å²) in [7, 11) is 0. The highest BCUT2D eigenvalue weighted by atomic mass is 16.5. The van der Waals surface area contributed by atoms with Crippen LogP contribution < -0.4 is 4.74 Å². The lowest BCUT2D eigenvalue weighted by Crippen LogP contribution is -1.92. The first-order valence-corrected chi connectivity index (χ1v) is 2.72. The van der Waals surface area contributed by atoms with Crippen molar-refractivity contribution in [2.45, 2.75) is 6.92 Å². The molecule has 0 aromatic carbocycles. The molecule has 0 atom stereocenters. The fourth-order valence-electron chi connectivity index (χ4n) is 0.569. The Bertz CT molecular complexity index is 237. The molecular formula is C6H6N2O2. The van der Waals surface area contributed by atoms with Gasteiger partial charge in [-0.1, -0.05) is 0 Å². The molecule has 0 bridgehead atoms. The quantitative estimate of drug-likeness (QED) is 0.552. The van der Waals surface area contributed by atoms with Crippen molar-refractivity contribution in [1.29, 1.82) is 0 Å². The van der Waals surface area contributed by atoms with Gasteiger partial charge in [-0.25, -0.2) is 0 Å². The van der Waals surface area contributed by atoms with Crippen molar-refractivity contribution in [2.75, 3.05) is 0 Å². The van der Waals surface area contributed by atoms with E-state index in [-0.39, 0.29) is 0 Å². The van der Waals surface area contributed by atoms with Crippen molar-refractivity contribution in [3.63, 3.8) is 0 Å². The van der Waals surface area contributed by atoms with E-state index in [9.17, 15) is 4.79 Å². The summed E-state index contributed by atoms with van der Waals surface area (Å²) in [6, 6.07) is 1.63. The zero-order valence-electron chi connectivity index (χ0n) is 5.44. The summed E-state index contributed by atoms with van der Waals surface area (Å²) in [4.78, 5) is 9.82. The monoisotopic (exact) mass is 138 g/mol. The number of carbonyl (C=O) groups excluding carboxylic acids is 1. The standard InChI is InChI=1S/C6H6N2O2/c1-5-2-6(10-4-9)3-7-8-5/h2-4H,1H3. The average molecular weight is 138 g/mol. The van der Waals surface area contributed by atoms with Crippen molar-refractivity contribution >= 4 is 6.47 Å². The Morgan fingerprint density at radius 1 is 1.70 bits per heavy atom. The van der Waals surface area contributed by atoms with Gasteiger partial charge >= 0.3 is 0 Å². The lowest BCUT2D eigenvalue weighted by Gasteiger charge is -1.94. The summed E-state index contributed by atoms with van der Waals surface area (Å²) in [5, 5.41) is 7.25. The summed E-state index contributed by atoms with van der Waals surface area (Å²) < 4.78 is 4.50. The van der Waals surface area contributed by atoms with E-state index in [1.54, 1.807) is 13.0 Å². The van der Waals surface area contributed by atoms with Crippen LogP contribution in [0.25, 0.3) is 0 Å². The van der Waals surface area contributed by atoms with Crippen molar-refractivity contribution < 1.29 is 9.53 Å². The summed E-state index contributed by atoms with van der Waals surface area (Å²) >= 11 is 0. The molecule has 0 unspecified atom stereocenters. The second-order valence-corrected chi connectivity index (χ2v) is 1.75. The lowest BCUT2D eigenvalue weighted by molar-refractivity contribution is -0.120. The van der Waals surface area contributed by atoms with Gasteiger partial charge < -0.3 is 4.74 Å². The van der Waals surface area contributed by atoms with E-state index < -0.39 is 0 Å². The molecule has 4 nitrogen and oxygen atoms in total. The van der Waals surface area contributed by atoms with Gasteiger partial charge in [-0.05, 0) is 6.92 Å². The van der Waals surface area contributed by atoms with Gasteiger partial charge in [0.15, 0.2) is 5.75 Å². The zero-order chi connectivity index (χ0) is 7.40. The predicted molar refractivity (Wildman–Crippen MR) is 33.5 cm³/mol. The summed E-state index contributed by atoms with van der Waals surface area (Å²) in [5.74, 6) is 0.419. The minimum Gasteiger partial charge on any atom is -0.427 e. The molecule has 0 saturated heterocycles. The molecule has 52 valence electrons. The van der Waals surface area contributed by atoms with Crippen LogP contribution in [0.5, 0.6) is 5.75 Å². The highest BCUT2D eigenvalue weighted by molar-refractivity contribution is 5.44. The maximum atomic E-state index is 9.82. The highest BCUT2D eigenvalue weighted by Crippen LogP contribution is 2.06. The van der Waals surface area contributed by atoms with Crippen molar-refractivity contribution in [3.8, 4) is 5.75 Å². The number of nitrogens with zero attached hydrogens (tertiary/aromatic N) is 2. The number of ether oxygens (including phenoxy) is 1. The molecule has 0 fully saturated rings. The van der Waals surface area contributed by atoms with Crippen LogP contribution in [-0.2, 0) is 4.79 Å². The normalized spacial score (nSPS) is 8.90. The fourth-order valence-corrected chi connectivity index (χ4v) is 0.569. The van der Waals surface area contributed by atoms with E-state index in [0.29, 0.717) is 12.2 Å². The molecular weight excluding hydrogens is 132 g/mol. The van der Waals surface area contributed by atoms with Gasteiger partial charge in [0.1, 0.15) is 0 Å². The maximum Gasteiger partial charge on any atom is 0.298 e. The first-order valence-electron chi connectivity index (χ1n) is 2.72. The Morgan fingerprint density at radius 3 is 3.10 bits per heavy atom. The fraction of sp³-hybridized carbons (Fsp3) is 0.167. The van der Waals surface area contributed by atoms with Gasteiger partial charge in [0.2, 0.25) is 0 Å². The van der Waals surface area contributed by atoms with Crippen LogP contribution in [0.3, 0.4) is 0 Å². The Labute approximate surface area is 57.8 Å². The number of aromatic nitrogens is 2. The van der Waals surface area contributed by atoms with E-state index in [1.165, 1.54) is 6.20 Å². The van der Waals surface area contributed by atoms with Gasteiger partial charge in [-0.2, -0.15) is 10.2 Å². The smallest absolute Gasteiger partial charge is 0.298 e. The second-order valence-electron chi connectivity index (χ2n) is 1.75. The van der Waals surface area contributed by atoms with Gasteiger partial charge in [-0.3, -0.25) is 4.79 Å². The van der Waals surface area contributed by atoms with E-state index in [1.807, 2.05) is 0 Å². The maximum absolute atomic E-state index is 9.82. The van der Waals surface area contributed by atoms with Gasteiger partial charge in [0.05, 0.1) is 11.9 Å². The zero-order valence-corrected chi connectivity index (χ0v) is 5.44. The third-order valence-electron chi connectivity index (χ3n) is 0.936. The van der Waals surface area contributed by atoms with Gasteiger partial charge in [0, 0.05) is 6.07 Å². The molecule has 0 amide bonds. The molecule has 0 aliphatic rings. The third kappa shape index (κ3) is 1.51. The van der Waals surface area contributed by atoms with Gasteiger partial charge in [0.25, 0.3) is 6.47 Å². The molecule has 1 aromatic rings. The molecule has 0 radical (unpaired) electrons. The van der Waals surface area contributed by atoms with Crippen LogP contribution in [0.1, 0.15) is 5.69 Å². The topological polar surface area (TPSA) is 52.1 Å². The Kier molecular flexibility index (Phi) is 1.94. The Morgan fingerprint density at radius 2 is 2.50 bits per heavy atom. The Balaban J connectivity index is 2.84. The second kappa shape index (κ2) is 2.91. The summed E-state index contributed by atoms with van der Waals surface area (Å²) in [5.41, 5.74) is 0.722. The SMILES string of the molecule is Cc1cc(OC=O)cnn1. The molecule has 0 aliphatic heterocycles. The molecule has 0 saturated carbocycles. The molecule has 1 rings (SSSR count). The molecule has 0 spiro atoms. The Hall–Kier alpha value is -1.45. The van der Waals surface area contributed by atoms with Crippen LogP contribution in [0.2, 0.25) is 0 Å². The third-order valence-corrected chi connectivity index (χ3v) is 0.936. The van der Waals surface area contributed by atoms with E-state index in [0.717, 1.165) is 5.69 Å². The average Bonchev–Trinajstić information content (AvgIpc) is 1.88. The van der Waals surface area contributed by atoms with Crippen LogP contribution in [0.15, 0.2) is 12.3 Å². The number of carbonyl (C=O) groups is 1. The molecule has 10 heavy (non-hydrogen) atoms. The molecule has 0 aliphatic carbocycles. The molecule has 4 heteroatoms. The van der Waals surface area contributed by atoms with Gasteiger partial charge in [-0.15, -0.1) is 0 Å². The lowest BCUT2D eigenvalue weighted by atomic mass is 10.4. The first kappa shape index (κ1) is 6.67. The van der Waals surface area contributed by atoms with E-state index in [2.05, 4.69) is 14.9 Å².